The highest BCUT2D eigenvalue weighted by atomic mass is 35.5. The molecule has 2 atom stereocenters. The Hall–Kier alpha value is -1.34. The van der Waals surface area contributed by atoms with E-state index in [0.717, 1.165) is 0 Å². The summed E-state index contributed by atoms with van der Waals surface area (Å²) in [5.74, 6) is 0. The third-order valence-electron chi connectivity index (χ3n) is 2.88. The molecule has 8 heteroatoms. The molecule has 0 aromatic rings. The highest BCUT2D eigenvalue weighted by molar-refractivity contribution is 6.30. The predicted molar refractivity (Wildman–Crippen MR) is 85.2 cm³/mol. The van der Waals surface area contributed by atoms with E-state index in [9.17, 15) is 13.2 Å². The van der Waals surface area contributed by atoms with Crippen molar-refractivity contribution in [1.29, 1.82) is 0 Å². The number of nitrogens with zero attached hydrogens (tertiary/aromatic N) is 1. The second kappa shape index (κ2) is 9.63. The second-order valence-corrected chi connectivity index (χ2v) is 5.03. The number of hydrogen-bond donors (Lipinski definition) is 3. The Kier molecular flexibility index (Phi) is 9.04. The smallest absolute Gasteiger partial charge is 0.393 e. The van der Waals surface area contributed by atoms with Crippen LogP contribution in [0.4, 0.5) is 13.2 Å². The molecular weight excluding hydrogens is 317 g/mol. The Labute approximate surface area is 135 Å². The molecule has 0 radical (unpaired) electrons. The van der Waals surface area contributed by atoms with E-state index in [-0.39, 0.29) is 16.9 Å². The van der Waals surface area contributed by atoms with E-state index < -0.39 is 12.2 Å². The summed E-state index contributed by atoms with van der Waals surface area (Å²) in [5, 5.41) is 7.70. The maximum absolute atomic E-state index is 12.9. The first kappa shape index (κ1) is 20.7. The first-order valence-corrected chi connectivity index (χ1v) is 7.12. The Balaban J connectivity index is 5.26. The van der Waals surface area contributed by atoms with Crippen LogP contribution in [0.25, 0.3) is 0 Å². The Bertz CT molecular complexity index is 419. The number of hydrogen-bond acceptors (Lipinski definition) is 4. The summed E-state index contributed by atoms with van der Waals surface area (Å²) in [7, 11) is 4.77. The van der Waals surface area contributed by atoms with Gasteiger partial charge in [-0.25, -0.2) is 0 Å². The van der Waals surface area contributed by atoms with Gasteiger partial charge >= 0.3 is 6.18 Å². The molecule has 0 bridgehead atoms. The first-order chi connectivity index (χ1) is 10.2. The largest absolute Gasteiger partial charge is 0.408 e. The Morgan fingerprint density at radius 1 is 1.27 bits per heavy atom. The maximum Gasteiger partial charge on any atom is 0.408 e. The maximum atomic E-state index is 12.9. The Morgan fingerprint density at radius 3 is 2.27 bits per heavy atom. The van der Waals surface area contributed by atoms with Crippen molar-refractivity contribution in [2.75, 3.05) is 21.1 Å². The van der Waals surface area contributed by atoms with E-state index >= 15 is 0 Å². The zero-order valence-corrected chi connectivity index (χ0v) is 14.2. The minimum Gasteiger partial charge on any atom is -0.393 e. The van der Waals surface area contributed by atoms with Crippen LogP contribution in [0.3, 0.4) is 0 Å². The fourth-order valence-corrected chi connectivity index (χ4v) is 1.98. The third kappa shape index (κ3) is 6.62. The van der Waals surface area contributed by atoms with Crippen molar-refractivity contribution in [2.45, 2.75) is 32.2 Å². The van der Waals surface area contributed by atoms with Crippen LogP contribution in [-0.2, 0) is 0 Å². The predicted octanol–water partition coefficient (Wildman–Crippen LogP) is 2.72. The quantitative estimate of drug-likeness (QED) is 0.469. The Morgan fingerprint density at radius 2 is 1.86 bits per heavy atom. The van der Waals surface area contributed by atoms with Crippen LogP contribution in [0.5, 0.6) is 0 Å². The SMILES string of the molecule is C/C=C\C(N/C(C)=C(/Cl)C(NC)C(F)(F)F)N(C)/C=C/NC. The van der Waals surface area contributed by atoms with Crippen molar-refractivity contribution in [3.63, 3.8) is 0 Å². The summed E-state index contributed by atoms with van der Waals surface area (Å²) in [6.07, 6.45) is 2.32. The van der Waals surface area contributed by atoms with Crippen LogP contribution >= 0.6 is 11.6 Å². The van der Waals surface area contributed by atoms with Crippen LogP contribution in [-0.4, -0.2) is 44.4 Å². The van der Waals surface area contributed by atoms with Crippen LogP contribution in [0.1, 0.15) is 13.8 Å². The molecule has 0 spiro atoms. The van der Waals surface area contributed by atoms with Gasteiger partial charge in [0.1, 0.15) is 12.2 Å². The summed E-state index contributed by atoms with van der Waals surface area (Å²) in [5.41, 5.74) is 0.256. The van der Waals surface area contributed by atoms with Gasteiger partial charge in [0.05, 0.1) is 5.03 Å². The van der Waals surface area contributed by atoms with Gasteiger partial charge in [0.2, 0.25) is 0 Å². The molecule has 22 heavy (non-hydrogen) atoms. The van der Waals surface area contributed by atoms with E-state index in [2.05, 4.69) is 16.0 Å². The number of halogens is 4. The molecule has 0 rings (SSSR count). The molecule has 0 saturated heterocycles. The molecule has 0 aliphatic rings. The second-order valence-electron chi connectivity index (χ2n) is 4.62. The molecule has 0 aromatic heterocycles. The number of allylic oxidation sites excluding steroid dienone is 2. The van der Waals surface area contributed by atoms with Crippen molar-refractivity contribution in [3.05, 3.63) is 35.3 Å². The molecule has 128 valence electrons. The lowest BCUT2D eigenvalue weighted by molar-refractivity contribution is -0.144. The summed E-state index contributed by atoms with van der Waals surface area (Å²) in [6, 6.07) is -1.90. The standard InChI is InChI=1S/C14H24ClF3N4/c1-6-7-11(22(5)9-8-19-3)21-10(2)12(15)13(20-4)14(16,17)18/h6-9,11,13,19-21H,1-5H3/b7-6-,9-8+,12-10+. The minimum atomic E-state index is -4.46. The van der Waals surface area contributed by atoms with E-state index in [1.54, 1.807) is 31.4 Å². The summed E-state index contributed by atoms with van der Waals surface area (Å²) < 4.78 is 38.7. The topological polar surface area (TPSA) is 39.3 Å². The van der Waals surface area contributed by atoms with Gasteiger partial charge in [0.15, 0.2) is 0 Å². The normalized spacial score (nSPS) is 16.6. The van der Waals surface area contributed by atoms with Gasteiger partial charge in [-0.3, -0.25) is 0 Å². The number of nitrogens with one attached hydrogen (secondary N) is 3. The fourth-order valence-electron chi connectivity index (χ4n) is 1.69. The van der Waals surface area contributed by atoms with Gasteiger partial charge in [0, 0.05) is 32.2 Å². The molecular formula is C14H24ClF3N4. The fraction of sp³-hybridized carbons (Fsp3) is 0.571. The van der Waals surface area contributed by atoms with Crippen LogP contribution in [0.2, 0.25) is 0 Å². The minimum absolute atomic E-state index is 0.256. The first-order valence-electron chi connectivity index (χ1n) is 6.74. The van der Waals surface area contributed by atoms with E-state index in [4.69, 9.17) is 11.6 Å². The summed E-state index contributed by atoms with van der Waals surface area (Å²) >= 11 is 5.90. The van der Waals surface area contributed by atoms with Crippen LogP contribution in [0, 0.1) is 0 Å². The molecule has 4 nitrogen and oxygen atoms in total. The number of likely N-dealkylation sites (N-methyl/N-ethyl adjacent to an activating group) is 2. The molecule has 0 fully saturated rings. The molecule has 3 N–H and O–H groups in total. The van der Waals surface area contributed by atoms with Gasteiger partial charge in [-0.15, -0.1) is 0 Å². The van der Waals surface area contributed by atoms with Crippen molar-refractivity contribution in [2.24, 2.45) is 0 Å². The van der Waals surface area contributed by atoms with E-state index in [1.807, 2.05) is 19.1 Å². The molecule has 2 unspecified atom stereocenters. The third-order valence-corrected chi connectivity index (χ3v) is 3.38. The van der Waals surface area contributed by atoms with Crippen LogP contribution in [0.15, 0.2) is 35.3 Å². The lowest BCUT2D eigenvalue weighted by atomic mass is 10.2. The number of alkyl halides is 3. The highest BCUT2D eigenvalue weighted by Gasteiger charge is 2.41. The van der Waals surface area contributed by atoms with Crippen molar-refractivity contribution in [3.8, 4) is 0 Å². The zero-order valence-electron chi connectivity index (χ0n) is 13.4. The van der Waals surface area contributed by atoms with Gasteiger partial charge in [0.25, 0.3) is 0 Å². The lowest BCUT2D eigenvalue weighted by Gasteiger charge is -2.28. The molecule has 0 aliphatic heterocycles. The van der Waals surface area contributed by atoms with Crippen LogP contribution < -0.4 is 16.0 Å². The van der Waals surface area contributed by atoms with Gasteiger partial charge in [-0.05, 0) is 27.0 Å². The molecule has 0 aliphatic carbocycles. The molecule has 0 amide bonds. The summed E-state index contributed by atoms with van der Waals surface area (Å²) in [6.45, 7) is 3.35. The van der Waals surface area contributed by atoms with Crippen molar-refractivity contribution in [1.82, 2.24) is 20.9 Å². The monoisotopic (exact) mass is 340 g/mol. The summed E-state index contributed by atoms with van der Waals surface area (Å²) in [4.78, 5) is 1.80. The van der Waals surface area contributed by atoms with E-state index in [0.29, 0.717) is 0 Å². The number of rotatable bonds is 8. The highest BCUT2D eigenvalue weighted by Crippen LogP contribution is 2.28. The average molecular weight is 341 g/mol. The van der Waals surface area contributed by atoms with Crippen molar-refractivity contribution < 1.29 is 13.2 Å². The van der Waals surface area contributed by atoms with Gasteiger partial charge in [-0.1, -0.05) is 17.7 Å². The zero-order chi connectivity index (χ0) is 17.3. The van der Waals surface area contributed by atoms with E-state index in [1.165, 1.54) is 14.0 Å². The molecule has 0 heterocycles. The molecule has 0 aromatic carbocycles. The molecule has 0 saturated carbocycles. The lowest BCUT2D eigenvalue weighted by Crippen LogP contribution is -2.43. The average Bonchev–Trinajstić information content (AvgIpc) is 2.43. The van der Waals surface area contributed by atoms with Gasteiger partial charge in [-0.2, -0.15) is 13.2 Å². The van der Waals surface area contributed by atoms with Crippen molar-refractivity contribution >= 4 is 11.6 Å². The van der Waals surface area contributed by atoms with Gasteiger partial charge < -0.3 is 20.9 Å².